The molecule has 1 fully saturated rings. The Hall–Kier alpha value is -1.65. The number of carbonyl (C=O) groups is 1. The Kier molecular flexibility index (Phi) is 3.90. The molecule has 1 heterocycles. The molecule has 1 aliphatic rings. The maximum absolute atomic E-state index is 11.7. The maximum Gasteiger partial charge on any atom is 0.342 e. The van der Waals surface area contributed by atoms with Crippen LogP contribution < -0.4 is 5.32 Å². The molecule has 5 heteroatoms. The normalized spacial score (nSPS) is 15.8. The van der Waals surface area contributed by atoms with Crippen molar-refractivity contribution in [1.82, 2.24) is 10.2 Å². The number of aromatic nitrogens is 2. The van der Waals surface area contributed by atoms with Crippen molar-refractivity contribution in [2.24, 2.45) is 0 Å². The van der Waals surface area contributed by atoms with Gasteiger partial charge < -0.3 is 10.1 Å². The molecule has 0 saturated heterocycles. The summed E-state index contributed by atoms with van der Waals surface area (Å²) in [5.74, 6) is 0.195. The summed E-state index contributed by atoms with van der Waals surface area (Å²) in [6, 6.07) is 2.04. The SMILES string of the molecule is CCOC(=O)c1ccnnc1NC1CCCC1. The van der Waals surface area contributed by atoms with E-state index < -0.39 is 0 Å². The van der Waals surface area contributed by atoms with Crippen LogP contribution in [0, 0.1) is 0 Å². The van der Waals surface area contributed by atoms with Gasteiger partial charge in [-0.1, -0.05) is 12.8 Å². The van der Waals surface area contributed by atoms with E-state index in [1.807, 2.05) is 0 Å². The average molecular weight is 235 g/mol. The second-order valence-corrected chi connectivity index (χ2v) is 4.14. The molecule has 1 aromatic rings. The summed E-state index contributed by atoms with van der Waals surface area (Å²) < 4.78 is 4.99. The number of hydrogen-bond donors (Lipinski definition) is 1. The lowest BCUT2D eigenvalue weighted by molar-refractivity contribution is 0.0527. The number of esters is 1. The van der Waals surface area contributed by atoms with E-state index >= 15 is 0 Å². The largest absolute Gasteiger partial charge is 0.462 e. The number of ether oxygens (including phenoxy) is 1. The average Bonchev–Trinajstić information content (AvgIpc) is 2.83. The molecule has 92 valence electrons. The molecule has 0 unspecified atom stereocenters. The van der Waals surface area contributed by atoms with Crippen molar-refractivity contribution in [3.05, 3.63) is 17.8 Å². The predicted octanol–water partition coefficient (Wildman–Crippen LogP) is 2.01. The van der Waals surface area contributed by atoms with Gasteiger partial charge in [0.15, 0.2) is 5.82 Å². The van der Waals surface area contributed by atoms with Crippen molar-refractivity contribution >= 4 is 11.8 Å². The monoisotopic (exact) mass is 235 g/mol. The Balaban J connectivity index is 2.12. The number of nitrogens with one attached hydrogen (secondary N) is 1. The van der Waals surface area contributed by atoms with E-state index in [0.29, 0.717) is 24.0 Å². The van der Waals surface area contributed by atoms with Gasteiger partial charge in [0, 0.05) is 6.04 Å². The van der Waals surface area contributed by atoms with Crippen LogP contribution in [0.5, 0.6) is 0 Å². The van der Waals surface area contributed by atoms with E-state index in [1.54, 1.807) is 13.0 Å². The molecule has 1 aromatic heterocycles. The second kappa shape index (κ2) is 5.61. The molecule has 0 aliphatic heterocycles. The highest BCUT2D eigenvalue weighted by atomic mass is 16.5. The van der Waals surface area contributed by atoms with Crippen LogP contribution >= 0.6 is 0 Å². The van der Waals surface area contributed by atoms with Crippen molar-refractivity contribution in [3.63, 3.8) is 0 Å². The van der Waals surface area contributed by atoms with E-state index in [-0.39, 0.29) is 5.97 Å². The molecular formula is C12H17N3O2. The molecule has 0 radical (unpaired) electrons. The van der Waals surface area contributed by atoms with Gasteiger partial charge in [-0.3, -0.25) is 0 Å². The predicted molar refractivity (Wildman–Crippen MR) is 63.9 cm³/mol. The molecule has 0 atom stereocenters. The van der Waals surface area contributed by atoms with Crippen molar-refractivity contribution in [3.8, 4) is 0 Å². The lowest BCUT2D eigenvalue weighted by Crippen LogP contribution is -2.19. The molecule has 2 rings (SSSR count). The minimum absolute atomic E-state index is 0.345. The van der Waals surface area contributed by atoms with Gasteiger partial charge in [0.1, 0.15) is 5.56 Å². The first-order chi connectivity index (χ1) is 8.31. The van der Waals surface area contributed by atoms with Crippen LogP contribution in [0.15, 0.2) is 12.3 Å². The van der Waals surface area contributed by atoms with Gasteiger partial charge in [-0.15, -0.1) is 5.10 Å². The highest BCUT2D eigenvalue weighted by Gasteiger charge is 2.19. The summed E-state index contributed by atoms with van der Waals surface area (Å²) in [7, 11) is 0. The second-order valence-electron chi connectivity index (χ2n) is 4.14. The number of hydrogen-bond acceptors (Lipinski definition) is 5. The van der Waals surface area contributed by atoms with Crippen LogP contribution in [0.3, 0.4) is 0 Å². The minimum atomic E-state index is -0.345. The Morgan fingerprint density at radius 3 is 3.00 bits per heavy atom. The van der Waals surface area contributed by atoms with Crippen molar-refractivity contribution in [1.29, 1.82) is 0 Å². The minimum Gasteiger partial charge on any atom is -0.462 e. The first-order valence-electron chi connectivity index (χ1n) is 6.06. The Labute approximate surface area is 101 Å². The summed E-state index contributed by atoms with van der Waals surface area (Å²) in [6.07, 6.45) is 6.21. The Morgan fingerprint density at radius 2 is 2.29 bits per heavy atom. The Morgan fingerprint density at radius 1 is 1.53 bits per heavy atom. The Bertz CT molecular complexity index is 389. The van der Waals surface area contributed by atoms with Crippen LogP contribution in [0.2, 0.25) is 0 Å². The van der Waals surface area contributed by atoms with Crippen LogP contribution in [-0.4, -0.2) is 28.8 Å². The zero-order valence-electron chi connectivity index (χ0n) is 9.98. The summed E-state index contributed by atoms with van der Waals surface area (Å²) >= 11 is 0. The van der Waals surface area contributed by atoms with Gasteiger partial charge in [0.05, 0.1) is 12.8 Å². The highest BCUT2D eigenvalue weighted by molar-refractivity contribution is 5.94. The summed E-state index contributed by atoms with van der Waals surface area (Å²) in [4.78, 5) is 11.7. The fourth-order valence-electron chi connectivity index (χ4n) is 2.08. The lowest BCUT2D eigenvalue weighted by atomic mass is 10.2. The summed E-state index contributed by atoms with van der Waals surface area (Å²) in [5.41, 5.74) is 0.466. The quantitative estimate of drug-likeness (QED) is 0.809. The molecule has 1 aliphatic carbocycles. The first-order valence-corrected chi connectivity index (χ1v) is 6.06. The van der Waals surface area contributed by atoms with Crippen LogP contribution in [0.1, 0.15) is 43.0 Å². The topological polar surface area (TPSA) is 64.1 Å². The van der Waals surface area contributed by atoms with Gasteiger partial charge in [0.25, 0.3) is 0 Å². The lowest BCUT2D eigenvalue weighted by Gasteiger charge is -2.14. The maximum atomic E-state index is 11.7. The molecule has 0 amide bonds. The molecule has 17 heavy (non-hydrogen) atoms. The van der Waals surface area contributed by atoms with Gasteiger partial charge in [-0.25, -0.2) is 4.79 Å². The molecule has 1 saturated carbocycles. The third-order valence-corrected chi connectivity index (χ3v) is 2.91. The van der Waals surface area contributed by atoms with Crippen molar-refractivity contribution < 1.29 is 9.53 Å². The van der Waals surface area contributed by atoms with Gasteiger partial charge in [-0.05, 0) is 25.8 Å². The molecule has 1 N–H and O–H groups in total. The molecule has 5 nitrogen and oxygen atoms in total. The fraction of sp³-hybridized carbons (Fsp3) is 0.583. The smallest absolute Gasteiger partial charge is 0.342 e. The number of nitrogens with zero attached hydrogens (tertiary/aromatic N) is 2. The van der Waals surface area contributed by atoms with Crippen molar-refractivity contribution in [2.75, 3.05) is 11.9 Å². The van der Waals surface area contributed by atoms with Crippen LogP contribution in [0.25, 0.3) is 0 Å². The third-order valence-electron chi connectivity index (χ3n) is 2.91. The summed E-state index contributed by atoms with van der Waals surface area (Å²) in [5, 5.41) is 11.1. The van der Waals surface area contributed by atoms with Crippen molar-refractivity contribution in [2.45, 2.75) is 38.6 Å². The van der Waals surface area contributed by atoms with E-state index in [4.69, 9.17) is 4.74 Å². The van der Waals surface area contributed by atoms with E-state index in [2.05, 4.69) is 15.5 Å². The van der Waals surface area contributed by atoms with Gasteiger partial charge >= 0.3 is 5.97 Å². The zero-order chi connectivity index (χ0) is 12.1. The standard InChI is InChI=1S/C12H17N3O2/c1-2-17-12(16)10-7-8-13-15-11(10)14-9-5-3-4-6-9/h7-9H,2-6H2,1H3,(H,14,15). The van der Waals surface area contributed by atoms with E-state index in [1.165, 1.54) is 19.0 Å². The third kappa shape index (κ3) is 2.93. The molecular weight excluding hydrogens is 218 g/mol. The summed E-state index contributed by atoms with van der Waals surface area (Å²) in [6.45, 7) is 2.15. The fourth-order valence-corrected chi connectivity index (χ4v) is 2.08. The molecule has 0 aromatic carbocycles. The van der Waals surface area contributed by atoms with Crippen LogP contribution in [0.4, 0.5) is 5.82 Å². The number of rotatable bonds is 4. The van der Waals surface area contributed by atoms with E-state index in [9.17, 15) is 4.79 Å². The molecule has 0 bridgehead atoms. The van der Waals surface area contributed by atoms with E-state index in [0.717, 1.165) is 12.8 Å². The van der Waals surface area contributed by atoms with Crippen LogP contribution in [-0.2, 0) is 4.74 Å². The van der Waals surface area contributed by atoms with Gasteiger partial charge in [-0.2, -0.15) is 5.10 Å². The number of anilines is 1. The van der Waals surface area contributed by atoms with Gasteiger partial charge in [0.2, 0.25) is 0 Å². The first kappa shape index (κ1) is 11.8. The number of carbonyl (C=O) groups excluding carboxylic acids is 1. The molecule has 0 spiro atoms. The highest BCUT2D eigenvalue weighted by Crippen LogP contribution is 2.22. The zero-order valence-corrected chi connectivity index (χ0v) is 9.98.